The van der Waals surface area contributed by atoms with Crippen LogP contribution in [0, 0.1) is 0 Å². The number of nitrogens with zero attached hydrogens (tertiary/aromatic N) is 2. The summed E-state index contributed by atoms with van der Waals surface area (Å²) in [5.74, 6) is 0. The van der Waals surface area contributed by atoms with E-state index in [9.17, 15) is 16.8 Å². The van der Waals surface area contributed by atoms with E-state index in [-0.39, 0.29) is 9.79 Å². The molecule has 9 nitrogen and oxygen atoms in total. The van der Waals surface area contributed by atoms with Gasteiger partial charge in [-0.1, -0.05) is 0 Å². The molecular formula is C11H12N2O7S2. The lowest BCUT2D eigenvalue weighted by Gasteiger charge is -1.91. The van der Waals surface area contributed by atoms with Crippen LogP contribution in [0.3, 0.4) is 0 Å². The number of carbonyl (C=O) groups excluding carboxylic acids is 1. The van der Waals surface area contributed by atoms with E-state index in [4.69, 9.17) is 13.9 Å². The molecule has 2 aromatic heterocycles. The maximum Gasteiger partial charge on any atom is 0.294 e. The standard InChI is InChI=1S/2C5H5NO3S.CH2O/c2*7-10(8,9)5-1-3-6-4-2-5;1-2/h2*1-4H,(H,7,8,9);1H2. The molecule has 0 aromatic carbocycles. The maximum atomic E-state index is 10.4. The van der Waals surface area contributed by atoms with Gasteiger partial charge in [-0.25, -0.2) is 0 Å². The van der Waals surface area contributed by atoms with Gasteiger partial charge in [0.25, 0.3) is 20.2 Å². The van der Waals surface area contributed by atoms with Crippen molar-refractivity contribution in [2.45, 2.75) is 9.79 Å². The van der Waals surface area contributed by atoms with E-state index in [1.165, 1.54) is 49.1 Å². The molecule has 2 aromatic rings. The molecule has 0 aliphatic rings. The molecule has 2 rings (SSSR count). The first kappa shape index (κ1) is 19.8. The van der Waals surface area contributed by atoms with Gasteiger partial charge in [-0.05, 0) is 24.3 Å². The molecule has 0 fully saturated rings. The highest BCUT2D eigenvalue weighted by molar-refractivity contribution is 7.86. The number of pyridine rings is 2. The molecule has 0 unspecified atom stereocenters. The first-order chi connectivity index (χ1) is 10.2. The average Bonchev–Trinajstić information content (AvgIpc) is 2.50. The lowest BCUT2D eigenvalue weighted by molar-refractivity contribution is -0.0980. The summed E-state index contributed by atoms with van der Waals surface area (Å²) >= 11 is 0. The van der Waals surface area contributed by atoms with E-state index in [0.29, 0.717) is 0 Å². The van der Waals surface area contributed by atoms with Crippen molar-refractivity contribution in [2.75, 3.05) is 0 Å². The zero-order valence-electron chi connectivity index (χ0n) is 11.0. The highest BCUT2D eigenvalue weighted by Crippen LogP contribution is 2.04. The summed E-state index contributed by atoms with van der Waals surface area (Å²) in [6.45, 7) is 2.00. The molecule has 0 spiro atoms. The largest absolute Gasteiger partial charge is 0.307 e. The molecule has 120 valence electrons. The van der Waals surface area contributed by atoms with E-state index in [0.717, 1.165) is 0 Å². The second-order valence-corrected chi connectivity index (χ2v) is 6.16. The Morgan fingerprint density at radius 3 is 1.05 bits per heavy atom. The van der Waals surface area contributed by atoms with Gasteiger partial charge < -0.3 is 4.79 Å². The Hall–Kier alpha value is -2.21. The molecule has 0 aliphatic heterocycles. The molecule has 2 heterocycles. The average molecular weight is 348 g/mol. The fraction of sp³-hybridized carbons (Fsp3) is 0. The fourth-order valence-corrected chi connectivity index (χ4v) is 1.95. The van der Waals surface area contributed by atoms with Crippen LogP contribution in [0.25, 0.3) is 0 Å². The predicted octanol–water partition coefficient (Wildman–Crippen LogP) is 0.472. The van der Waals surface area contributed by atoms with Gasteiger partial charge in [-0.15, -0.1) is 0 Å². The van der Waals surface area contributed by atoms with Crippen molar-refractivity contribution >= 4 is 27.0 Å². The Labute approximate surface area is 127 Å². The Bertz CT molecular complexity index is 695. The van der Waals surface area contributed by atoms with Gasteiger partial charge in [-0.3, -0.25) is 19.1 Å². The zero-order valence-corrected chi connectivity index (χ0v) is 12.6. The van der Waals surface area contributed by atoms with E-state index >= 15 is 0 Å². The van der Waals surface area contributed by atoms with Crippen molar-refractivity contribution in [2.24, 2.45) is 0 Å². The Morgan fingerprint density at radius 2 is 0.909 bits per heavy atom. The molecule has 22 heavy (non-hydrogen) atoms. The van der Waals surface area contributed by atoms with Gasteiger partial charge in [-0.2, -0.15) is 16.8 Å². The Balaban J connectivity index is 0.000000360. The number of aromatic nitrogens is 2. The first-order valence-electron chi connectivity index (χ1n) is 5.25. The minimum atomic E-state index is -4.04. The number of rotatable bonds is 2. The number of hydrogen-bond donors (Lipinski definition) is 2. The summed E-state index contributed by atoms with van der Waals surface area (Å²) in [7, 11) is -8.09. The fourth-order valence-electron chi connectivity index (χ4n) is 1.02. The molecule has 11 heteroatoms. The first-order valence-corrected chi connectivity index (χ1v) is 8.13. The Morgan fingerprint density at radius 1 is 0.682 bits per heavy atom. The van der Waals surface area contributed by atoms with Crippen LogP contribution in [0.15, 0.2) is 58.8 Å². The summed E-state index contributed by atoms with van der Waals surface area (Å²) < 4.78 is 58.3. The van der Waals surface area contributed by atoms with Crippen LogP contribution in [-0.4, -0.2) is 42.7 Å². The molecule has 0 bridgehead atoms. The van der Waals surface area contributed by atoms with Crippen molar-refractivity contribution in [3.8, 4) is 0 Å². The van der Waals surface area contributed by atoms with Gasteiger partial charge >= 0.3 is 0 Å². The third-order valence-electron chi connectivity index (χ3n) is 1.90. The SMILES string of the molecule is C=O.O=S(=O)(O)c1ccncc1.O=S(=O)(O)c1ccncc1. The lowest BCUT2D eigenvalue weighted by Crippen LogP contribution is -1.96. The summed E-state index contributed by atoms with van der Waals surface area (Å²) in [6.07, 6.45) is 5.18. The van der Waals surface area contributed by atoms with E-state index < -0.39 is 20.2 Å². The van der Waals surface area contributed by atoms with Crippen LogP contribution in [0.2, 0.25) is 0 Å². The highest BCUT2D eigenvalue weighted by Gasteiger charge is 2.06. The van der Waals surface area contributed by atoms with Crippen LogP contribution in [-0.2, 0) is 25.0 Å². The molecule has 0 saturated carbocycles. The van der Waals surface area contributed by atoms with Crippen LogP contribution in [0.4, 0.5) is 0 Å². The van der Waals surface area contributed by atoms with Crippen molar-refractivity contribution in [3.63, 3.8) is 0 Å². The third-order valence-corrected chi connectivity index (χ3v) is 3.63. The van der Waals surface area contributed by atoms with Crippen molar-refractivity contribution in [1.82, 2.24) is 9.97 Å². The van der Waals surface area contributed by atoms with E-state index in [2.05, 4.69) is 9.97 Å². The lowest BCUT2D eigenvalue weighted by atomic mass is 10.5. The van der Waals surface area contributed by atoms with Crippen LogP contribution < -0.4 is 0 Å². The molecule has 0 amide bonds. The monoisotopic (exact) mass is 348 g/mol. The van der Waals surface area contributed by atoms with E-state index in [1.54, 1.807) is 0 Å². The Kier molecular flexibility index (Phi) is 8.04. The van der Waals surface area contributed by atoms with Gasteiger partial charge in [0.2, 0.25) is 0 Å². The minimum absolute atomic E-state index is 0.137. The number of hydrogen-bond acceptors (Lipinski definition) is 7. The molecule has 2 N–H and O–H groups in total. The molecule has 0 saturated heterocycles. The van der Waals surface area contributed by atoms with Crippen molar-refractivity contribution < 1.29 is 30.7 Å². The smallest absolute Gasteiger partial charge is 0.294 e. The topological polar surface area (TPSA) is 152 Å². The quantitative estimate of drug-likeness (QED) is 0.737. The van der Waals surface area contributed by atoms with Crippen molar-refractivity contribution in [3.05, 3.63) is 49.1 Å². The summed E-state index contributed by atoms with van der Waals surface area (Å²) in [6, 6.07) is 4.87. The number of carbonyl (C=O) groups is 1. The highest BCUT2D eigenvalue weighted by atomic mass is 32.2. The molecular weight excluding hydrogens is 336 g/mol. The van der Waals surface area contributed by atoms with Gasteiger partial charge in [0, 0.05) is 24.8 Å². The van der Waals surface area contributed by atoms with Gasteiger partial charge in [0.1, 0.15) is 6.79 Å². The summed E-state index contributed by atoms with van der Waals surface area (Å²) in [4.78, 5) is 14.9. The van der Waals surface area contributed by atoms with E-state index in [1.807, 2.05) is 6.79 Å². The minimum Gasteiger partial charge on any atom is -0.307 e. The van der Waals surface area contributed by atoms with Crippen LogP contribution in [0.5, 0.6) is 0 Å². The second-order valence-electron chi connectivity index (χ2n) is 3.32. The zero-order chi connectivity index (χ0) is 17.2. The molecule has 0 radical (unpaired) electrons. The van der Waals surface area contributed by atoms with Crippen LogP contribution in [0.1, 0.15) is 0 Å². The summed E-state index contributed by atoms with van der Waals surface area (Å²) in [5, 5.41) is 0. The second kappa shape index (κ2) is 8.94. The maximum absolute atomic E-state index is 10.4. The van der Waals surface area contributed by atoms with Crippen molar-refractivity contribution in [1.29, 1.82) is 0 Å². The molecule has 0 aliphatic carbocycles. The normalized spacial score (nSPS) is 10.5. The third kappa shape index (κ3) is 7.54. The van der Waals surface area contributed by atoms with Crippen LogP contribution >= 0.6 is 0 Å². The van der Waals surface area contributed by atoms with Gasteiger partial charge in [0.05, 0.1) is 9.79 Å². The molecule has 0 atom stereocenters. The van der Waals surface area contributed by atoms with Gasteiger partial charge in [0.15, 0.2) is 0 Å². The predicted molar refractivity (Wildman–Crippen MR) is 75.2 cm³/mol. The summed E-state index contributed by atoms with van der Waals surface area (Å²) in [5.41, 5.74) is 0.